The summed E-state index contributed by atoms with van der Waals surface area (Å²) in [4.78, 5) is 12.6. The van der Waals surface area contributed by atoms with Crippen molar-refractivity contribution in [1.29, 1.82) is 0 Å². The number of aliphatic hydroxyl groups is 1. The van der Waals surface area contributed by atoms with E-state index < -0.39 is 17.2 Å². The molecule has 0 amide bonds. The molecule has 0 aromatic heterocycles. The highest BCUT2D eigenvalue weighted by Crippen LogP contribution is 2.20. The van der Waals surface area contributed by atoms with Gasteiger partial charge in [-0.15, -0.1) is 0 Å². The van der Waals surface area contributed by atoms with Gasteiger partial charge in [-0.3, -0.25) is 10.1 Å². The topological polar surface area (TPSA) is 84.6 Å². The zero-order valence-electron chi connectivity index (χ0n) is 15.1. The van der Waals surface area contributed by atoms with E-state index in [-0.39, 0.29) is 23.5 Å². The SMILES string of the molecule is CC(OC(C)(C)C)C(NC(C)(C)C(C)N)C(=O)C(C)(C)O. The Balaban J connectivity index is 5.35. The number of carbonyl (C=O) groups is 1. The lowest BCUT2D eigenvalue weighted by molar-refractivity contribution is -0.145. The molecule has 126 valence electrons. The predicted molar refractivity (Wildman–Crippen MR) is 86.3 cm³/mol. The average Bonchev–Trinajstić information content (AvgIpc) is 2.20. The molecule has 0 radical (unpaired) electrons. The third kappa shape index (κ3) is 6.87. The summed E-state index contributed by atoms with van der Waals surface area (Å²) >= 11 is 0. The van der Waals surface area contributed by atoms with Gasteiger partial charge >= 0.3 is 0 Å². The molecule has 3 unspecified atom stereocenters. The van der Waals surface area contributed by atoms with E-state index in [4.69, 9.17) is 10.5 Å². The van der Waals surface area contributed by atoms with Crippen LogP contribution in [0.4, 0.5) is 0 Å². The van der Waals surface area contributed by atoms with Crippen LogP contribution in [-0.4, -0.2) is 45.8 Å². The van der Waals surface area contributed by atoms with E-state index in [2.05, 4.69) is 5.32 Å². The van der Waals surface area contributed by atoms with Crippen molar-refractivity contribution in [2.45, 2.75) is 97.2 Å². The lowest BCUT2D eigenvalue weighted by atomic mass is 9.89. The van der Waals surface area contributed by atoms with E-state index in [1.54, 1.807) is 0 Å². The van der Waals surface area contributed by atoms with Crippen molar-refractivity contribution in [3.05, 3.63) is 0 Å². The Morgan fingerprint density at radius 3 is 1.81 bits per heavy atom. The van der Waals surface area contributed by atoms with Crippen molar-refractivity contribution in [3.63, 3.8) is 0 Å². The minimum absolute atomic E-state index is 0.156. The lowest BCUT2D eigenvalue weighted by Crippen LogP contribution is -2.64. The number of nitrogens with one attached hydrogen (secondary N) is 1. The zero-order valence-corrected chi connectivity index (χ0v) is 15.1. The van der Waals surface area contributed by atoms with Gasteiger partial charge < -0.3 is 15.6 Å². The second-order valence-electron chi connectivity index (χ2n) is 7.99. The minimum atomic E-state index is -1.43. The number of nitrogens with two attached hydrogens (primary N) is 1. The average molecular weight is 302 g/mol. The first-order valence-electron chi connectivity index (χ1n) is 7.55. The van der Waals surface area contributed by atoms with Crippen molar-refractivity contribution < 1.29 is 14.6 Å². The van der Waals surface area contributed by atoms with Gasteiger partial charge in [0.2, 0.25) is 0 Å². The first-order chi connectivity index (χ1) is 9.08. The monoisotopic (exact) mass is 302 g/mol. The minimum Gasteiger partial charge on any atom is -0.383 e. The second-order valence-corrected chi connectivity index (χ2v) is 7.99. The molecule has 0 heterocycles. The van der Waals surface area contributed by atoms with Gasteiger partial charge in [0.25, 0.3) is 0 Å². The molecule has 0 bridgehead atoms. The summed E-state index contributed by atoms with van der Waals surface area (Å²) in [5.41, 5.74) is 3.71. The maximum Gasteiger partial charge on any atom is 0.183 e. The number of ketones is 1. The van der Waals surface area contributed by atoms with Crippen LogP contribution in [0.2, 0.25) is 0 Å². The van der Waals surface area contributed by atoms with Gasteiger partial charge in [-0.25, -0.2) is 0 Å². The number of Topliss-reactive ketones (excluding diaryl/α,β-unsaturated/α-hetero) is 1. The largest absolute Gasteiger partial charge is 0.383 e. The second kappa shape index (κ2) is 6.73. The number of hydrogen-bond acceptors (Lipinski definition) is 5. The Kier molecular flexibility index (Phi) is 6.58. The van der Waals surface area contributed by atoms with E-state index in [1.165, 1.54) is 13.8 Å². The molecule has 0 saturated heterocycles. The summed E-state index contributed by atoms with van der Waals surface area (Å²) in [6.45, 7) is 16.4. The Hall–Kier alpha value is -0.490. The smallest absolute Gasteiger partial charge is 0.183 e. The Morgan fingerprint density at radius 2 is 1.52 bits per heavy atom. The Bertz CT molecular complexity index is 352. The third-order valence-electron chi connectivity index (χ3n) is 3.56. The number of carbonyl (C=O) groups excluding carboxylic acids is 1. The molecule has 0 aliphatic rings. The highest BCUT2D eigenvalue weighted by Gasteiger charge is 2.40. The van der Waals surface area contributed by atoms with Crippen LogP contribution in [0.3, 0.4) is 0 Å². The van der Waals surface area contributed by atoms with Crippen LogP contribution in [-0.2, 0) is 9.53 Å². The van der Waals surface area contributed by atoms with Crippen LogP contribution in [0.5, 0.6) is 0 Å². The van der Waals surface area contributed by atoms with Gasteiger partial charge in [0, 0.05) is 11.6 Å². The fraction of sp³-hybridized carbons (Fsp3) is 0.938. The van der Waals surface area contributed by atoms with Crippen LogP contribution in [0, 0.1) is 0 Å². The van der Waals surface area contributed by atoms with Crippen LogP contribution >= 0.6 is 0 Å². The molecule has 0 fully saturated rings. The maximum absolute atomic E-state index is 12.6. The summed E-state index contributed by atoms with van der Waals surface area (Å²) < 4.78 is 5.91. The molecule has 0 rings (SSSR count). The Labute approximate surface area is 129 Å². The van der Waals surface area contributed by atoms with Crippen molar-refractivity contribution in [3.8, 4) is 0 Å². The van der Waals surface area contributed by atoms with Gasteiger partial charge in [-0.2, -0.15) is 0 Å². The number of hydrogen-bond donors (Lipinski definition) is 3. The summed E-state index contributed by atoms with van der Waals surface area (Å²) in [7, 11) is 0. The van der Waals surface area contributed by atoms with Crippen LogP contribution in [0.15, 0.2) is 0 Å². The van der Waals surface area contributed by atoms with Gasteiger partial charge in [0.05, 0.1) is 17.7 Å². The highest BCUT2D eigenvalue weighted by atomic mass is 16.5. The quantitative estimate of drug-likeness (QED) is 0.665. The van der Waals surface area contributed by atoms with Crippen molar-refractivity contribution >= 4 is 5.78 Å². The molecular formula is C16H34N2O3. The van der Waals surface area contributed by atoms with E-state index >= 15 is 0 Å². The van der Waals surface area contributed by atoms with E-state index in [9.17, 15) is 9.90 Å². The molecule has 0 saturated carbocycles. The van der Waals surface area contributed by atoms with Crippen molar-refractivity contribution in [2.24, 2.45) is 5.73 Å². The third-order valence-corrected chi connectivity index (χ3v) is 3.56. The summed E-state index contributed by atoms with van der Waals surface area (Å²) in [5.74, 6) is -0.298. The standard InChI is InChI=1S/C16H34N2O3/c1-10(21-14(3,4)5)12(13(19)16(8,9)20)18-15(6,7)11(2)17/h10-12,18,20H,17H2,1-9H3. The first-order valence-corrected chi connectivity index (χ1v) is 7.55. The van der Waals surface area contributed by atoms with Crippen molar-refractivity contribution in [2.75, 3.05) is 0 Å². The molecule has 5 heteroatoms. The molecule has 0 spiro atoms. The molecule has 5 nitrogen and oxygen atoms in total. The summed E-state index contributed by atoms with van der Waals surface area (Å²) in [6.07, 6.45) is -0.387. The van der Waals surface area contributed by atoms with Crippen LogP contribution < -0.4 is 11.1 Å². The molecular weight excluding hydrogens is 268 g/mol. The fourth-order valence-corrected chi connectivity index (χ4v) is 1.93. The fourth-order valence-electron chi connectivity index (χ4n) is 1.93. The van der Waals surface area contributed by atoms with E-state index in [1.807, 2.05) is 48.5 Å². The molecule has 21 heavy (non-hydrogen) atoms. The zero-order chi connectivity index (χ0) is 17.2. The molecule has 0 aromatic rings. The van der Waals surface area contributed by atoms with Crippen LogP contribution in [0.25, 0.3) is 0 Å². The van der Waals surface area contributed by atoms with Gasteiger partial charge in [0.1, 0.15) is 5.60 Å². The lowest BCUT2D eigenvalue weighted by Gasteiger charge is -2.40. The molecule has 0 aliphatic heterocycles. The van der Waals surface area contributed by atoms with E-state index in [0.29, 0.717) is 0 Å². The highest BCUT2D eigenvalue weighted by molar-refractivity contribution is 5.91. The van der Waals surface area contributed by atoms with Gasteiger partial charge in [-0.05, 0) is 62.3 Å². The maximum atomic E-state index is 12.6. The normalized spacial score (nSPS) is 18.2. The molecule has 0 aliphatic carbocycles. The van der Waals surface area contributed by atoms with E-state index in [0.717, 1.165) is 0 Å². The molecule has 3 atom stereocenters. The predicted octanol–water partition coefficient (Wildman–Crippen LogP) is 1.61. The van der Waals surface area contributed by atoms with Crippen LogP contribution in [0.1, 0.15) is 62.3 Å². The van der Waals surface area contributed by atoms with Gasteiger partial charge in [-0.1, -0.05) is 0 Å². The summed E-state index contributed by atoms with van der Waals surface area (Å²) in [5, 5.41) is 13.3. The first kappa shape index (κ1) is 20.5. The molecule has 4 N–H and O–H groups in total. The number of ether oxygens (including phenoxy) is 1. The Morgan fingerprint density at radius 1 is 1.10 bits per heavy atom. The van der Waals surface area contributed by atoms with Gasteiger partial charge in [0.15, 0.2) is 5.78 Å². The summed E-state index contributed by atoms with van der Waals surface area (Å²) in [6, 6.07) is -0.790. The molecule has 0 aromatic carbocycles. The number of rotatable bonds is 7. The van der Waals surface area contributed by atoms with Crippen molar-refractivity contribution in [1.82, 2.24) is 5.32 Å².